The van der Waals surface area contributed by atoms with Crippen molar-refractivity contribution in [2.75, 3.05) is 13.7 Å². The summed E-state index contributed by atoms with van der Waals surface area (Å²) < 4.78 is 16.1. The molecule has 0 radical (unpaired) electrons. The molecule has 3 nitrogen and oxygen atoms in total. The minimum absolute atomic E-state index is 0.657. The summed E-state index contributed by atoms with van der Waals surface area (Å²) in [7, 11) is 0.00843. The predicted octanol–water partition coefficient (Wildman–Crippen LogP) is 3.27. The lowest BCUT2D eigenvalue weighted by molar-refractivity contribution is 0.261. The van der Waals surface area contributed by atoms with Crippen LogP contribution in [0.15, 0.2) is 23.9 Å². The van der Waals surface area contributed by atoms with E-state index >= 15 is 0 Å². The molecule has 0 amide bonds. The van der Waals surface area contributed by atoms with E-state index in [0.29, 0.717) is 6.61 Å². The Bertz CT molecular complexity index is 239. The first-order chi connectivity index (χ1) is 6.90. The average Bonchev–Trinajstić information content (AvgIpc) is 2.11. The highest BCUT2D eigenvalue weighted by atomic mass is 28.4. The van der Waals surface area contributed by atoms with E-state index in [2.05, 4.69) is 19.6 Å². The van der Waals surface area contributed by atoms with E-state index in [4.69, 9.17) is 13.9 Å². The van der Waals surface area contributed by atoms with Crippen LogP contribution in [-0.4, -0.2) is 22.0 Å². The minimum atomic E-state index is -1.60. The minimum Gasteiger partial charge on any atom is -0.542 e. The maximum absolute atomic E-state index is 5.86. The van der Waals surface area contributed by atoms with Crippen molar-refractivity contribution in [3.05, 3.63) is 23.9 Å². The van der Waals surface area contributed by atoms with E-state index in [9.17, 15) is 0 Å². The van der Waals surface area contributed by atoms with Crippen LogP contribution in [0.5, 0.6) is 0 Å². The Labute approximate surface area is 93.9 Å². The second-order valence-electron chi connectivity index (χ2n) is 4.19. The van der Waals surface area contributed by atoms with Crippen molar-refractivity contribution in [1.82, 2.24) is 0 Å². The molecular weight excluding hydrogens is 208 g/mol. The van der Waals surface area contributed by atoms with E-state index in [1.165, 1.54) is 0 Å². The van der Waals surface area contributed by atoms with Crippen molar-refractivity contribution in [3.63, 3.8) is 0 Å². The van der Waals surface area contributed by atoms with E-state index in [1.807, 2.05) is 13.8 Å². The van der Waals surface area contributed by atoms with Gasteiger partial charge in [0.25, 0.3) is 0 Å². The molecule has 0 N–H and O–H groups in total. The zero-order chi connectivity index (χ0) is 11.9. The van der Waals surface area contributed by atoms with Gasteiger partial charge in [-0.15, -0.1) is 0 Å². The lowest BCUT2D eigenvalue weighted by Crippen LogP contribution is -2.25. The van der Waals surface area contributed by atoms with Crippen LogP contribution in [0.4, 0.5) is 0 Å². The monoisotopic (exact) mass is 230 g/mol. The van der Waals surface area contributed by atoms with Crippen molar-refractivity contribution in [2.45, 2.75) is 33.5 Å². The second kappa shape index (κ2) is 6.56. The van der Waals surface area contributed by atoms with Crippen LogP contribution in [-0.2, 0) is 13.9 Å². The first kappa shape index (κ1) is 14.1. The van der Waals surface area contributed by atoms with Crippen LogP contribution >= 0.6 is 0 Å². The fourth-order valence-electron chi connectivity index (χ4n) is 0.901. The smallest absolute Gasteiger partial charge is 0.242 e. The third-order valence-corrected chi connectivity index (χ3v) is 2.29. The number of allylic oxidation sites excluding steroid dienone is 1. The number of rotatable bonds is 6. The Balaban J connectivity index is 4.61. The largest absolute Gasteiger partial charge is 0.542 e. The first-order valence-corrected chi connectivity index (χ1v) is 8.52. The van der Waals surface area contributed by atoms with Gasteiger partial charge in [-0.3, -0.25) is 0 Å². The van der Waals surface area contributed by atoms with Gasteiger partial charge in [-0.25, -0.2) is 0 Å². The van der Waals surface area contributed by atoms with Crippen LogP contribution in [0.25, 0.3) is 0 Å². The molecule has 88 valence electrons. The third kappa shape index (κ3) is 7.08. The summed E-state index contributed by atoms with van der Waals surface area (Å²) in [6, 6.07) is 0. The van der Waals surface area contributed by atoms with E-state index in [-0.39, 0.29) is 0 Å². The quantitative estimate of drug-likeness (QED) is 0.398. The number of methoxy groups -OCH3 is 1. The van der Waals surface area contributed by atoms with Gasteiger partial charge < -0.3 is 13.9 Å². The van der Waals surface area contributed by atoms with E-state index < -0.39 is 8.32 Å². The molecule has 0 aromatic carbocycles. The van der Waals surface area contributed by atoms with Gasteiger partial charge in [0, 0.05) is 5.57 Å². The lowest BCUT2D eigenvalue weighted by atomic mass is 10.3. The number of hydrogen-bond donors (Lipinski definition) is 0. The Morgan fingerprint density at radius 3 is 2.20 bits per heavy atom. The summed E-state index contributed by atoms with van der Waals surface area (Å²) in [4.78, 5) is 0. The van der Waals surface area contributed by atoms with Crippen molar-refractivity contribution in [2.24, 2.45) is 0 Å². The van der Waals surface area contributed by atoms with Crippen molar-refractivity contribution in [1.29, 1.82) is 0 Å². The molecule has 0 rings (SSSR count). The van der Waals surface area contributed by atoms with Gasteiger partial charge >= 0.3 is 0 Å². The van der Waals surface area contributed by atoms with Gasteiger partial charge in [-0.1, -0.05) is 0 Å². The number of ether oxygens (including phenoxy) is 2. The Morgan fingerprint density at radius 1 is 1.20 bits per heavy atom. The molecule has 0 saturated carbocycles. The van der Waals surface area contributed by atoms with Gasteiger partial charge in [-0.05, 0) is 33.5 Å². The maximum atomic E-state index is 5.86. The molecule has 0 spiro atoms. The average molecular weight is 230 g/mol. The molecule has 0 bridgehead atoms. The molecule has 0 heterocycles. The molecule has 0 aliphatic heterocycles. The highest BCUT2D eigenvalue weighted by molar-refractivity contribution is 6.70. The third-order valence-electron chi connectivity index (χ3n) is 1.46. The highest BCUT2D eigenvalue weighted by Crippen LogP contribution is 2.17. The summed E-state index contributed by atoms with van der Waals surface area (Å²) in [5, 5.41) is 0. The van der Waals surface area contributed by atoms with E-state index in [0.717, 1.165) is 11.3 Å². The fraction of sp³-hybridized carbons (Fsp3) is 0.636. The molecule has 0 fully saturated rings. The maximum Gasteiger partial charge on any atom is 0.242 e. The molecule has 0 unspecified atom stereocenters. The Hall–Kier alpha value is -0.903. The number of hydrogen-bond acceptors (Lipinski definition) is 3. The Kier molecular flexibility index (Phi) is 6.16. The summed E-state index contributed by atoms with van der Waals surface area (Å²) >= 11 is 0. The molecule has 15 heavy (non-hydrogen) atoms. The molecule has 0 aliphatic rings. The summed E-state index contributed by atoms with van der Waals surface area (Å²) in [5.41, 5.74) is 0.945. The summed E-state index contributed by atoms with van der Waals surface area (Å²) in [6.07, 6.45) is 3.31. The van der Waals surface area contributed by atoms with Crippen LogP contribution in [0, 0.1) is 0 Å². The van der Waals surface area contributed by atoms with Crippen molar-refractivity contribution < 1.29 is 13.9 Å². The molecule has 0 aromatic rings. The molecule has 0 aliphatic carbocycles. The highest BCUT2D eigenvalue weighted by Gasteiger charge is 2.18. The zero-order valence-electron chi connectivity index (χ0n) is 10.6. The van der Waals surface area contributed by atoms with Gasteiger partial charge in [0.15, 0.2) is 0 Å². The first-order valence-electron chi connectivity index (χ1n) is 5.11. The van der Waals surface area contributed by atoms with Gasteiger partial charge in [0.1, 0.15) is 12.0 Å². The standard InChI is InChI=1S/C11H22O3Si/c1-7-13-8-10(2)11(9-12-3)14-15(4,5)6/h8-9H,7H2,1-6H3/b10-8+,11-9-. The normalized spacial score (nSPS) is 13.7. The fourth-order valence-corrected chi connectivity index (χ4v) is 1.77. The molecule has 0 aromatic heterocycles. The van der Waals surface area contributed by atoms with Crippen LogP contribution in [0.3, 0.4) is 0 Å². The van der Waals surface area contributed by atoms with Crippen molar-refractivity contribution in [3.8, 4) is 0 Å². The molecule has 4 heteroatoms. The lowest BCUT2D eigenvalue weighted by Gasteiger charge is -2.21. The van der Waals surface area contributed by atoms with Gasteiger partial charge in [0.2, 0.25) is 8.32 Å². The van der Waals surface area contributed by atoms with Crippen LogP contribution < -0.4 is 0 Å². The SMILES string of the molecule is CCO/C=C(C)/C(=C/OC)O[Si](C)(C)C. The molecule has 0 saturated heterocycles. The summed E-state index contributed by atoms with van der Waals surface area (Å²) in [5.74, 6) is 0.755. The molecule has 0 atom stereocenters. The van der Waals surface area contributed by atoms with E-state index in [1.54, 1.807) is 19.6 Å². The van der Waals surface area contributed by atoms with Crippen LogP contribution in [0.2, 0.25) is 19.6 Å². The zero-order valence-corrected chi connectivity index (χ0v) is 11.6. The topological polar surface area (TPSA) is 27.7 Å². The second-order valence-corrected chi connectivity index (χ2v) is 8.62. The molecular formula is C11H22O3Si. The predicted molar refractivity (Wildman–Crippen MR) is 64.9 cm³/mol. The Morgan fingerprint density at radius 2 is 1.80 bits per heavy atom. The van der Waals surface area contributed by atoms with Gasteiger partial charge in [0.05, 0.1) is 20.0 Å². The summed E-state index contributed by atoms with van der Waals surface area (Å²) in [6.45, 7) is 10.9. The van der Waals surface area contributed by atoms with Gasteiger partial charge in [-0.2, -0.15) is 0 Å². The van der Waals surface area contributed by atoms with Crippen molar-refractivity contribution >= 4 is 8.32 Å². The van der Waals surface area contributed by atoms with Crippen LogP contribution in [0.1, 0.15) is 13.8 Å².